The number of hydrogen-bond acceptors (Lipinski definition) is 8. The lowest BCUT2D eigenvalue weighted by Gasteiger charge is -2.38. The molecule has 6 rings (SSSR count). The van der Waals surface area contributed by atoms with E-state index in [2.05, 4.69) is 10.3 Å². The number of aliphatic hydroxyl groups is 1. The Labute approximate surface area is 232 Å². The predicted octanol–water partition coefficient (Wildman–Crippen LogP) is 1.81. The molecule has 5 heterocycles. The number of likely N-dealkylation sites (tertiary alicyclic amines) is 1. The third kappa shape index (κ3) is 4.05. The van der Waals surface area contributed by atoms with Crippen LogP contribution in [-0.4, -0.2) is 91.2 Å². The van der Waals surface area contributed by atoms with E-state index < -0.39 is 35.0 Å². The number of esters is 1. The maximum Gasteiger partial charge on any atom is 0.313 e. The number of fused-ring (bicyclic) bond motifs is 3. The Bertz CT molecular complexity index is 1370. The molecule has 0 aliphatic carbocycles. The molecular weight excluding hydrogens is 514 g/mol. The zero-order chi connectivity index (χ0) is 27.9. The van der Waals surface area contributed by atoms with Crippen LogP contribution in [0.15, 0.2) is 48.6 Å². The Morgan fingerprint density at radius 3 is 2.75 bits per heavy atom. The summed E-state index contributed by atoms with van der Waals surface area (Å²) in [5.74, 6) is -2.82. The summed E-state index contributed by atoms with van der Waals surface area (Å²) in [5, 5.41) is 17.9. The maximum absolute atomic E-state index is 14.5. The van der Waals surface area contributed by atoms with Gasteiger partial charge in [0.2, 0.25) is 5.91 Å². The van der Waals surface area contributed by atoms with Gasteiger partial charge in [-0.3, -0.25) is 14.4 Å². The van der Waals surface area contributed by atoms with Crippen molar-refractivity contribution in [3.8, 4) is 0 Å². The van der Waals surface area contributed by atoms with Crippen molar-refractivity contribution in [3.63, 3.8) is 0 Å². The maximum atomic E-state index is 14.5. The van der Waals surface area contributed by atoms with E-state index in [1.807, 2.05) is 55.5 Å². The number of rotatable bonds is 7. The molecule has 0 radical (unpaired) electrons. The van der Waals surface area contributed by atoms with Crippen LogP contribution in [0.4, 0.5) is 0 Å². The van der Waals surface area contributed by atoms with Crippen LogP contribution in [0.3, 0.4) is 0 Å². The highest BCUT2D eigenvalue weighted by Gasteiger charge is 2.75. The average molecular weight is 550 g/mol. The minimum Gasteiger partial charge on any atom is -0.465 e. The van der Waals surface area contributed by atoms with Gasteiger partial charge in [0.25, 0.3) is 5.91 Å². The highest BCUT2D eigenvalue weighted by Crippen LogP contribution is 2.58. The van der Waals surface area contributed by atoms with Crippen molar-refractivity contribution >= 4 is 28.8 Å². The molecule has 2 fully saturated rings. The fourth-order valence-electron chi connectivity index (χ4n) is 6.87. The number of amides is 2. The second-order valence-corrected chi connectivity index (χ2v) is 11.0. The quantitative estimate of drug-likeness (QED) is 0.315. The zero-order valence-electron chi connectivity index (χ0n) is 22.6. The van der Waals surface area contributed by atoms with Gasteiger partial charge in [0, 0.05) is 19.7 Å². The van der Waals surface area contributed by atoms with Crippen molar-refractivity contribution in [3.05, 3.63) is 48.6 Å². The molecule has 1 aromatic carbocycles. The van der Waals surface area contributed by atoms with Crippen molar-refractivity contribution in [2.24, 2.45) is 11.8 Å². The van der Waals surface area contributed by atoms with Crippen LogP contribution in [0, 0.1) is 11.8 Å². The number of nitrogens with zero attached hydrogens (tertiary/aromatic N) is 5. The smallest absolute Gasteiger partial charge is 0.313 e. The lowest BCUT2D eigenvalue weighted by Crippen LogP contribution is -2.56. The van der Waals surface area contributed by atoms with Crippen LogP contribution < -0.4 is 0 Å². The number of hydrogen-bond donors (Lipinski definition) is 1. The summed E-state index contributed by atoms with van der Waals surface area (Å²) < 4.78 is 14.3. The largest absolute Gasteiger partial charge is 0.465 e. The minimum atomic E-state index is -1.34. The first kappa shape index (κ1) is 26.6. The van der Waals surface area contributed by atoms with Gasteiger partial charge in [0.05, 0.1) is 18.0 Å². The van der Waals surface area contributed by atoms with Gasteiger partial charge in [-0.2, -0.15) is 0 Å². The fraction of sp³-hybridized carbons (Fsp3) is 0.552. The third-order valence-corrected chi connectivity index (χ3v) is 8.75. The van der Waals surface area contributed by atoms with Crippen LogP contribution in [-0.2, 0) is 30.5 Å². The Morgan fingerprint density at radius 1 is 1.07 bits per heavy atom. The van der Waals surface area contributed by atoms with E-state index in [4.69, 9.17) is 9.47 Å². The number of cyclic esters (lactones) is 1. The second kappa shape index (κ2) is 10.4. The van der Waals surface area contributed by atoms with Crippen LogP contribution in [0.2, 0.25) is 0 Å². The van der Waals surface area contributed by atoms with Gasteiger partial charge in [-0.1, -0.05) is 48.6 Å². The van der Waals surface area contributed by atoms with E-state index in [0.29, 0.717) is 25.7 Å². The Balaban J connectivity index is 1.43. The molecule has 2 amide bonds. The van der Waals surface area contributed by atoms with Gasteiger partial charge in [0.15, 0.2) is 0 Å². The molecule has 2 aromatic rings. The molecule has 1 N–H and O–H groups in total. The Hall–Kier alpha value is -3.57. The van der Waals surface area contributed by atoms with Gasteiger partial charge in [-0.25, -0.2) is 4.68 Å². The van der Waals surface area contributed by atoms with Crippen molar-refractivity contribution < 1.29 is 29.0 Å². The minimum absolute atomic E-state index is 0.0180. The number of carbonyl (C=O) groups excluding carboxylic acids is 3. The predicted molar refractivity (Wildman–Crippen MR) is 143 cm³/mol. The molecule has 11 heteroatoms. The summed E-state index contributed by atoms with van der Waals surface area (Å²) in [7, 11) is 0. The van der Waals surface area contributed by atoms with E-state index in [1.165, 1.54) is 0 Å². The highest BCUT2D eigenvalue weighted by atomic mass is 16.6. The van der Waals surface area contributed by atoms with Gasteiger partial charge in [-0.15, -0.1) is 5.10 Å². The molecule has 4 aliphatic rings. The number of benzene rings is 1. The lowest BCUT2D eigenvalue weighted by atomic mass is 9.73. The van der Waals surface area contributed by atoms with Gasteiger partial charge in [-0.05, 0) is 44.2 Å². The van der Waals surface area contributed by atoms with E-state index in [9.17, 15) is 19.5 Å². The first-order chi connectivity index (χ1) is 19.5. The Morgan fingerprint density at radius 2 is 1.93 bits per heavy atom. The summed E-state index contributed by atoms with van der Waals surface area (Å²) in [6.45, 7) is 2.88. The molecule has 5 atom stereocenters. The van der Waals surface area contributed by atoms with Crippen LogP contribution in [0.5, 0.6) is 0 Å². The number of aliphatic hydroxyl groups excluding tert-OH is 1. The van der Waals surface area contributed by atoms with Gasteiger partial charge in [0.1, 0.15) is 35.3 Å². The molecule has 0 saturated carbocycles. The number of aromatic nitrogens is 3. The monoisotopic (exact) mass is 549 g/mol. The number of allylic oxidation sites excluding steroid dienone is 1. The SMILES string of the molecule is CC[C@@]12/C=C\CCCOC(=O)[C@@H]1[C@H]1C(=O)N(CCCCO)C3C(=O)N(Cn4nnc5ccccc54)CC=C[C@@]31O2. The standard InChI is InChI=1S/C29H35N5O6/c1-2-28-13-6-3-9-18-39-27(38)23(28)22-25(36)33(16-7-8-17-35)24-26(37)32(15-10-14-29(22,24)40-28)19-34-21-12-5-4-11-20(21)30-31-34/h4-6,10-14,22-24,35H,2-3,7-9,15-19H2,1H3/b13-6-/t22-,23-,24?,28+,29-/m0/s1. The van der Waals surface area contributed by atoms with Crippen LogP contribution >= 0.6 is 0 Å². The zero-order valence-corrected chi connectivity index (χ0v) is 22.6. The lowest BCUT2D eigenvalue weighted by molar-refractivity contribution is -0.161. The summed E-state index contributed by atoms with van der Waals surface area (Å²) >= 11 is 0. The number of unbranched alkanes of at least 4 members (excludes halogenated alkanes) is 1. The molecule has 11 nitrogen and oxygen atoms in total. The first-order valence-electron chi connectivity index (χ1n) is 14.2. The fourth-order valence-corrected chi connectivity index (χ4v) is 6.87. The molecule has 212 valence electrons. The summed E-state index contributed by atoms with van der Waals surface area (Å²) in [6, 6.07) is 6.55. The molecule has 0 bridgehead atoms. The number of carbonyl (C=O) groups is 3. The number of ether oxygens (including phenoxy) is 2. The summed E-state index contributed by atoms with van der Waals surface area (Å²) in [4.78, 5) is 45.5. The average Bonchev–Trinajstić information content (AvgIpc) is 3.54. The topological polar surface area (TPSA) is 127 Å². The molecule has 4 aliphatic heterocycles. The van der Waals surface area contributed by atoms with E-state index in [0.717, 1.165) is 17.5 Å². The van der Waals surface area contributed by atoms with E-state index >= 15 is 0 Å². The van der Waals surface area contributed by atoms with Crippen molar-refractivity contribution in [2.75, 3.05) is 26.3 Å². The summed E-state index contributed by atoms with van der Waals surface area (Å²) in [5.41, 5.74) is -0.891. The van der Waals surface area contributed by atoms with Crippen molar-refractivity contribution in [1.82, 2.24) is 24.8 Å². The molecule has 2 saturated heterocycles. The first-order valence-corrected chi connectivity index (χ1v) is 14.2. The van der Waals surface area contributed by atoms with Crippen LogP contribution in [0.1, 0.15) is 39.0 Å². The highest BCUT2D eigenvalue weighted by molar-refractivity contribution is 5.99. The molecule has 40 heavy (non-hydrogen) atoms. The van der Waals surface area contributed by atoms with Gasteiger partial charge < -0.3 is 24.4 Å². The van der Waals surface area contributed by atoms with Crippen molar-refractivity contribution in [2.45, 2.75) is 62.9 Å². The molecule has 1 unspecified atom stereocenters. The third-order valence-electron chi connectivity index (χ3n) is 8.75. The normalized spacial score (nSPS) is 32.6. The van der Waals surface area contributed by atoms with Gasteiger partial charge >= 0.3 is 5.97 Å². The van der Waals surface area contributed by atoms with E-state index in [1.54, 1.807) is 14.5 Å². The number of para-hydroxylation sites is 1. The van der Waals surface area contributed by atoms with Crippen molar-refractivity contribution in [1.29, 1.82) is 0 Å². The molecule has 1 aromatic heterocycles. The molecular formula is C29H35N5O6. The summed E-state index contributed by atoms with van der Waals surface area (Å²) in [6.07, 6.45) is 10.5. The second-order valence-electron chi connectivity index (χ2n) is 11.0. The van der Waals surface area contributed by atoms with Crippen LogP contribution in [0.25, 0.3) is 11.0 Å². The van der Waals surface area contributed by atoms with E-state index in [-0.39, 0.29) is 44.8 Å². The molecule has 1 spiro atoms. The Kier molecular flexibility index (Phi) is 6.95.